The van der Waals surface area contributed by atoms with Crippen molar-refractivity contribution in [3.05, 3.63) is 22.4 Å². The van der Waals surface area contributed by atoms with E-state index in [9.17, 15) is 14.4 Å². The molecule has 4 N–H and O–H groups in total. The number of nitrogens with one attached hydrogen (secondary N) is 2. The molecule has 2 amide bonds. The Hall–Kier alpha value is -2.09. The van der Waals surface area contributed by atoms with E-state index in [-0.39, 0.29) is 12.0 Å². The van der Waals surface area contributed by atoms with Crippen LogP contribution in [0.1, 0.15) is 31.2 Å². The molecule has 1 aromatic rings. The van der Waals surface area contributed by atoms with Crippen LogP contribution >= 0.6 is 11.3 Å². The fraction of sp³-hybridized carbons (Fsp3) is 0.462. The van der Waals surface area contributed by atoms with Crippen molar-refractivity contribution in [2.45, 2.75) is 32.4 Å². The summed E-state index contributed by atoms with van der Waals surface area (Å²) in [4.78, 5) is 34.3. The molecule has 0 saturated heterocycles. The summed E-state index contributed by atoms with van der Waals surface area (Å²) in [6, 6.07) is 1.32. The lowest BCUT2D eigenvalue weighted by Gasteiger charge is -2.22. The van der Waals surface area contributed by atoms with Gasteiger partial charge in [-0.2, -0.15) is 0 Å². The van der Waals surface area contributed by atoms with Gasteiger partial charge in [0.1, 0.15) is 6.04 Å². The van der Waals surface area contributed by atoms with Gasteiger partial charge in [-0.15, -0.1) is 11.3 Å². The molecule has 0 aliphatic heterocycles. The second-order valence-corrected chi connectivity index (χ2v) is 5.82. The topological polar surface area (TPSA) is 116 Å². The Bertz CT molecular complexity index is 501. The van der Waals surface area contributed by atoms with Gasteiger partial charge >= 0.3 is 18.0 Å². The first-order chi connectivity index (χ1) is 9.81. The second kappa shape index (κ2) is 7.63. The maximum absolute atomic E-state index is 11.9. The summed E-state index contributed by atoms with van der Waals surface area (Å²) in [6.45, 7) is 3.85. The van der Waals surface area contributed by atoms with Crippen LogP contribution in [0.4, 0.5) is 4.79 Å². The number of rotatable bonds is 7. The lowest BCUT2D eigenvalue weighted by atomic mass is 10.0. The molecule has 116 valence electrons. The SMILES string of the molecule is CC(C)C(NC(=O)N[C@@H](CC(=O)O)C(=O)O)c1cccs1. The number of carboxylic acids is 2. The number of carbonyl (C=O) groups excluding carboxylic acids is 1. The fourth-order valence-electron chi connectivity index (χ4n) is 1.75. The first kappa shape index (κ1) is 17.0. The van der Waals surface area contributed by atoms with Crippen molar-refractivity contribution in [1.29, 1.82) is 0 Å². The van der Waals surface area contributed by atoms with E-state index < -0.39 is 30.4 Å². The summed E-state index contributed by atoms with van der Waals surface area (Å²) < 4.78 is 0. The standard InChI is InChI=1S/C13H18N2O5S/c1-7(2)11(9-4-3-5-21-9)15-13(20)14-8(12(18)19)6-10(16)17/h3-5,7-8,11H,6H2,1-2H3,(H,16,17)(H,18,19)(H2,14,15,20)/t8-,11?/m0/s1. The van der Waals surface area contributed by atoms with Gasteiger partial charge in [0.25, 0.3) is 0 Å². The molecule has 1 aromatic heterocycles. The van der Waals surface area contributed by atoms with E-state index in [0.29, 0.717) is 0 Å². The van der Waals surface area contributed by atoms with Gasteiger partial charge in [0.2, 0.25) is 0 Å². The average Bonchev–Trinajstić information content (AvgIpc) is 2.87. The van der Waals surface area contributed by atoms with Crippen LogP contribution in [0, 0.1) is 5.92 Å². The normalized spacial score (nSPS) is 13.5. The van der Waals surface area contributed by atoms with Crippen molar-refractivity contribution in [3.63, 3.8) is 0 Å². The Morgan fingerprint density at radius 3 is 2.33 bits per heavy atom. The third-order valence-corrected chi connectivity index (χ3v) is 3.74. The molecular formula is C13H18N2O5S. The molecule has 8 heteroatoms. The molecule has 0 radical (unpaired) electrons. The van der Waals surface area contributed by atoms with Crippen LogP contribution in [-0.2, 0) is 9.59 Å². The molecule has 7 nitrogen and oxygen atoms in total. The number of thiophene rings is 1. The molecule has 0 saturated carbocycles. The first-order valence-electron chi connectivity index (χ1n) is 6.36. The van der Waals surface area contributed by atoms with Gasteiger partial charge in [0, 0.05) is 4.88 Å². The minimum absolute atomic E-state index is 0.108. The monoisotopic (exact) mass is 314 g/mol. The zero-order valence-corrected chi connectivity index (χ0v) is 12.5. The smallest absolute Gasteiger partial charge is 0.326 e. The van der Waals surface area contributed by atoms with Crippen LogP contribution in [0.3, 0.4) is 0 Å². The van der Waals surface area contributed by atoms with E-state index in [0.717, 1.165) is 4.88 Å². The summed E-state index contributed by atoms with van der Waals surface area (Å²) >= 11 is 1.48. The average molecular weight is 314 g/mol. The maximum Gasteiger partial charge on any atom is 0.326 e. The van der Waals surface area contributed by atoms with Crippen LogP contribution < -0.4 is 10.6 Å². The number of hydrogen-bond acceptors (Lipinski definition) is 4. The van der Waals surface area contributed by atoms with Crippen molar-refractivity contribution in [2.24, 2.45) is 5.92 Å². The predicted octanol–water partition coefficient (Wildman–Crippen LogP) is 1.67. The molecule has 0 aliphatic rings. The Balaban J connectivity index is 2.69. The number of hydrogen-bond donors (Lipinski definition) is 4. The van der Waals surface area contributed by atoms with Crippen LogP contribution in [0.15, 0.2) is 17.5 Å². The third-order valence-electron chi connectivity index (χ3n) is 2.79. The van der Waals surface area contributed by atoms with E-state index >= 15 is 0 Å². The largest absolute Gasteiger partial charge is 0.481 e. The van der Waals surface area contributed by atoms with Crippen molar-refractivity contribution in [3.8, 4) is 0 Å². The third kappa shape index (κ3) is 5.42. The molecule has 0 bridgehead atoms. The summed E-state index contributed by atoms with van der Waals surface area (Å²) in [7, 11) is 0. The Morgan fingerprint density at radius 2 is 1.90 bits per heavy atom. The number of carbonyl (C=O) groups is 3. The second-order valence-electron chi connectivity index (χ2n) is 4.84. The van der Waals surface area contributed by atoms with E-state index in [1.54, 1.807) is 0 Å². The van der Waals surface area contributed by atoms with Crippen molar-refractivity contribution in [1.82, 2.24) is 10.6 Å². The van der Waals surface area contributed by atoms with Crippen molar-refractivity contribution >= 4 is 29.3 Å². The van der Waals surface area contributed by atoms with E-state index in [1.165, 1.54) is 11.3 Å². The van der Waals surface area contributed by atoms with Gasteiger partial charge in [-0.1, -0.05) is 19.9 Å². The first-order valence-corrected chi connectivity index (χ1v) is 7.24. The summed E-state index contributed by atoms with van der Waals surface area (Å²) in [6.07, 6.45) is -0.673. The molecule has 21 heavy (non-hydrogen) atoms. The summed E-state index contributed by atoms with van der Waals surface area (Å²) in [5, 5.41) is 24.3. The van der Waals surface area contributed by atoms with Crippen LogP contribution in [0.25, 0.3) is 0 Å². The van der Waals surface area contributed by atoms with E-state index in [1.807, 2.05) is 31.4 Å². The molecule has 1 heterocycles. The van der Waals surface area contributed by atoms with Crippen molar-refractivity contribution in [2.75, 3.05) is 0 Å². The lowest BCUT2D eigenvalue weighted by molar-refractivity contribution is -0.145. The Labute approximate surface area is 126 Å². The zero-order chi connectivity index (χ0) is 16.0. The number of urea groups is 1. The molecule has 1 unspecified atom stereocenters. The van der Waals surface area contributed by atoms with E-state index in [2.05, 4.69) is 10.6 Å². The molecule has 1 rings (SSSR count). The maximum atomic E-state index is 11.9. The highest BCUT2D eigenvalue weighted by molar-refractivity contribution is 7.10. The number of carboxylic acid groups (broad SMARTS) is 2. The van der Waals surface area contributed by atoms with Gasteiger partial charge in [-0.25, -0.2) is 9.59 Å². The lowest BCUT2D eigenvalue weighted by Crippen LogP contribution is -2.48. The number of aliphatic carboxylic acids is 2. The van der Waals surface area contributed by atoms with Crippen LogP contribution in [0.2, 0.25) is 0 Å². The highest BCUT2D eigenvalue weighted by Gasteiger charge is 2.25. The highest BCUT2D eigenvalue weighted by Crippen LogP contribution is 2.25. The summed E-state index contributed by atoms with van der Waals surface area (Å²) in [5.41, 5.74) is 0. The van der Waals surface area contributed by atoms with Gasteiger partial charge in [0.05, 0.1) is 12.5 Å². The minimum Gasteiger partial charge on any atom is -0.481 e. The molecule has 0 aromatic carbocycles. The highest BCUT2D eigenvalue weighted by atomic mass is 32.1. The zero-order valence-electron chi connectivity index (χ0n) is 11.7. The predicted molar refractivity (Wildman–Crippen MR) is 77.2 cm³/mol. The van der Waals surface area contributed by atoms with Gasteiger partial charge in [0.15, 0.2) is 0 Å². The van der Waals surface area contributed by atoms with Crippen LogP contribution in [0.5, 0.6) is 0 Å². The minimum atomic E-state index is -1.46. The molecular weight excluding hydrogens is 296 g/mol. The molecule has 2 atom stereocenters. The molecule has 0 fully saturated rings. The summed E-state index contributed by atoms with van der Waals surface area (Å²) in [5.74, 6) is -2.57. The van der Waals surface area contributed by atoms with Gasteiger partial charge < -0.3 is 20.8 Å². The molecule has 0 spiro atoms. The van der Waals surface area contributed by atoms with Gasteiger partial charge in [-0.05, 0) is 17.4 Å². The number of amides is 2. The Kier molecular flexibility index (Phi) is 6.16. The van der Waals surface area contributed by atoms with Crippen LogP contribution in [-0.4, -0.2) is 34.2 Å². The molecule has 0 aliphatic carbocycles. The quantitative estimate of drug-likeness (QED) is 0.611. The fourth-order valence-corrected chi connectivity index (χ4v) is 2.70. The van der Waals surface area contributed by atoms with E-state index in [4.69, 9.17) is 10.2 Å². The Morgan fingerprint density at radius 1 is 1.24 bits per heavy atom. The van der Waals surface area contributed by atoms with Gasteiger partial charge in [-0.3, -0.25) is 4.79 Å². The van der Waals surface area contributed by atoms with Crippen molar-refractivity contribution < 1.29 is 24.6 Å².